The van der Waals surface area contributed by atoms with Gasteiger partial charge < -0.3 is 15.0 Å². The number of piperidine rings is 1. The van der Waals surface area contributed by atoms with Crippen molar-refractivity contribution in [1.29, 1.82) is 5.26 Å². The molecule has 1 N–H and O–H groups in total. The molecule has 1 aliphatic heterocycles. The van der Waals surface area contributed by atoms with Crippen molar-refractivity contribution in [2.24, 2.45) is 5.92 Å². The summed E-state index contributed by atoms with van der Waals surface area (Å²) < 4.78 is 5.67. The highest BCUT2D eigenvalue weighted by atomic mass is 16.5. The number of pyridine rings is 1. The average molecular weight is 429 g/mol. The van der Waals surface area contributed by atoms with Crippen LogP contribution in [-0.2, 0) is 4.79 Å². The molecule has 1 aromatic heterocycles. The smallest absolute Gasteiger partial charge is 0.227 e. The monoisotopic (exact) mass is 428 g/mol. The van der Waals surface area contributed by atoms with Crippen molar-refractivity contribution in [1.82, 2.24) is 4.98 Å². The summed E-state index contributed by atoms with van der Waals surface area (Å²) in [6, 6.07) is 14.2. The molecule has 0 bridgehead atoms. The highest BCUT2D eigenvalue weighted by Gasteiger charge is 2.27. The number of rotatable bonds is 5. The molecule has 164 valence electrons. The average Bonchev–Trinajstić information content (AvgIpc) is 2.78. The van der Waals surface area contributed by atoms with Crippen molar-refractivity contribution >= 4 is 28.2 Å². The Labute approximate surface area is 188 Å². The highest BCUT2D eigenvalue weighted by molar-refractivity contribution is 5.96. The molecule has 0 saturated carbocycles. The molecule has 6 heteroatoms. The van der Waals surface area contributed by atoms with Crippen LogP contribution in [0.25, 0.3) is 10.9 Å². The summed E-state index contributed by atoms with van der Waals surface area (Å²) in [5.41, 5.74) is 5.38. The van der Waals surface area contributed by atoms with Crippen LogP contribution in [-0.4, -0.2) is 30.6 Å². The van der Waals surface area contributed by atoms with Gasteiger partial charge in [-0.3, -0.25) is 9.78 Å². The number of aryl methyl sites for hydroxylation is 2. The van der Waals surface area contributed by atoms with Crippen LogP contribution in [0.5, 0.6) is 5.75 Å². The van der Waals surface area contributed by atoms with E-state index in [4.69, 9.17) is 4.74 Å². The summed E-state index contributed by atoms with van der Waals surface area (Å²) in [4.78, 5) is 19.5. The van der Waals surface area contributed by atoms with E-state index >= 15 is 0 Å². The van der Waals surface area contributed by atoms with Gasteiger partial charge in [0.25, 0.3) is 0 Å². The lowest BCUT2D eigenvalue weighted by atomic mass is 9.94. The summed E-state index contributed by atoms with van der Waals surface area (Å²) >= 11 is 0. The molecular weight excluding hydrogens is 400 g/mol. The molecule has 1 aliphatic rings. The van der Waals surface area contributed by atoms with E-state index in [1.165, 1.54) is 0 Å². The zero-order valence-corrected chi connectivity index (χ0v) is 18.8. The predicted molar refractivity (Wildman–Crippen MR) is 127 cm³/mol. The molecule has 4 rings (SSSR count). The molecule has 2 heterocycles. The Bertz CT molecular complexity index is 1170. The Kier molecular flexibility index (Phi) is 6.27. The number of carbonyl (C=O) groups is 1. The van der Waals surface area contributed by atoms with E-state index in [1.54, 1.807) is 6.20 Å². The molecule has 1 fully saturated rings. The van der Waals surface area contributed by atoms with Crippen LogP contribution in [0.3, 0.4) is 0 Å². The third kappa shape index (κ3) is 4.52. The molecule has 3 aromatic rings. The lowest BCUT2D eigenvalue weighted by molar-refractivity contribution is -0.120. The number of nitriles is 1. The molecule has 0 atom stereocenters. The normalized spacial score (nSPS) is 14.2. The van der Waals surface area contributed by atoms with Crippen molar-refractivity contribution in [2.75, 3.05) is 29.9 Å². The maximum atomic E-state index is 12.9. The molecule has 0 unspecified atom stereocenters. The Morgan fingerprint density at radius 1 is 1.19 bits per heavy atom. The number of ether oxygens (including phenoxy) is 1. The van der Waals surface area contributed by atoms with E-state index in [0.29, 0.717) is 25.3 Å². The maximum Gasteiger partial charge on any atom is 0.227 e. The number of nitrogens with zero attached hydrogens (tertiary/aromatic N) is 3. The molecule has 0 spiro atoms. The zero-order valence-electron chi connectivity index (χ0n) is 18.8. The highest BCUT2D eigenvalue weighted by Crippen LogP contribution is 2.34. The van der Waals surface area contributed by atoms with Gasteiger partial charge in [0.05, 0.1) is 23.4 Å². The van der Waals surface area contributed by atoms with Gasteiger partial charge in [0.2, 0.25) is 5.91 Å². The van der Waals surface area contributed by atoms with E-state index in [-0.39, 0.29) is 11.8 Å². The van der Waals surface area contributed by atoms with Gasteiger partial charge >= 0.3 is 0 Å². The number of fused-ring (bicyclic) bond motifs is 1. The summed E-state index contributed by atoms with van der Waals surface area (Å²) in [6.07, 6.45) is 3.10. The zero-order chi connectivity index (χ0) is 22.7. The van der Waals surface area contributed by atoms with Gasteiger partial charge in [-0.1, -0.05) is 6.07 Å². The van der Waals surface area contributed by atoms with Crippen molar-refractivity contribution in [3.05, 3.63) is 59.3 Å². The fourth-order valence-electron chi connectivity index (χ4n) is 4.49. The number of aromatic nitrogens is 1. The molecule has 0 radical (unpaired) electrons. The van der Waals surface area contributed by atoms with Crippen molar-refractivity contribution in [3.8, 4) is 11.8 Å². The minimum atomic E-state index is -0.0512. The maximum absolute atomic E-state index is 12.9. The van der Waals surface area contributed by atoms with Gasteiger partial charge in [0, 0.05) is 36.3 Å². The third-order valence-corrected chi connectivity index (χ3v) is 5.91. The van der Waals surface area contributed by atoms with Gasteiger partial charge in [0.1, 0.15) is 11.8 Å². The standard InChI is InChI=1S/C26H28N4O2/c1-4-32-22-5-6-24-23(14-22)25(20(15-27)16-28-24)30-9-7-19(8-10-30)26(31)29-21-12-17(2)11-18(3)13-21/h5-6,11-14,16,19H,4,7-10H2,1-3H3,(H,29,31). The second-order valence-corrected chi connectivity index (χ2v) is 8.37. The third-order valence-electron chi connectivity index (χ3n) is 5.91. The number of anilines is 2. The van der Waals surface area contributed by atoms with Crippen molar-refractivity contribution in [3.63, 3.8) is 0 Å². The summed E-state index contributed by atoms with van der Waals surface area (Å²) in [5, 5.41) is 13.7. The van der Waals surface area contributed by atoms with Crippen LogP contribution < -0.4 is 15.0 Å². The van der Waals surface area contributed by atoms with E-state index in [1.807, 2.05) is 51.1 Å². The molecule has 1 amide bonds. The van der Waals surface area contributed by atoms with Crippen LogP contribution in [0.1, 0.15) is 36.5 Å². The Morgan fingerprint density at radius 3 is 2.56 bits per heavy atom. The predicted octanol–water partition coefficient (Wildman–Crippen LogP) is 4.98. The molecule has 1 saturated heterocycles. The summed E-state index contributed by atoms with van der Waals surface area (Å²) in [6.45, 7) is 8.00. The summed E-state index contributed by atoms with van der Waals surface area (Å²) in [5.74, 6) is 0.777. The quantitative estimate of drug-likeness (QED) is 0.620. The number of carbonyl (C=O) groups excluding carboxylic acids is 1. The second kappa shape index (κ2) is 9.27. The van der Waals surface area contributed by atoms with E-state index in [0.717, 1.165) is 52.0 Å². The van der Waals surface area contributed by atoms with Crippen LogP contribution in [0.2, 0.25) is 0 Å². The number of hydrogen-bond donors (Lipinski definition) is 1. The molecule has 0 aliphatic carbocycles. The molecular formula is C26H28N4O2. The van der Waals surface area contributed by atoms with Crippen molar-refractivity contribution in [2.45, 2.75) is 33.6 Å². The first-order chi connectivity index (χ1) is 15.5. The SMILES string of the molecule is CCOc1ccc2ncc(C#N)c(N3CCC(C(=O)Nc4cc(C)cc(C)c4)CC3)c2c1. The minimum absolute atomic E-state index is 0.0512. The van der Waals surface area contributed by atoms with Crippen LogP contribution >= 0.6 is 0 Å². The number of nitrogens with one attached hydrogen (secondary N) is 1. The van der Waals surface area contributed by atoms with Gasteiger partial charge in [0.15, 0.2) is 0 Å². The molecule has 2 aromatic carbocycles. The Hall–Kier alpha value is -3.59. The summed E-state index contributed by atoms with van der Waals surface area (Å²) in [7, 11) is 0. The molecule has 32 heavy (non-hydrogen) atoms. The number of amides is 1. The first kappa shape index (κ1) is 21.6. The molecule has 6 nitrogen and oxygen atoms in total. The topological polar surface area (TPSA) is 78.2 Å². The minimum Gasteiger partial charge on any atom is -0.494 e. The van der Waals surface area contributed by atoms with Crippen LogP contribution in [0.4, 0.5) is 11.4 Å². The van der Waals surface area contributed by atoms with E-state index in [9.17, 15) is 10.1 Å². The Morgan fingerprint density at radius 2 is 1.91 bits per heavy atom. The largest absolute Gasteiger partial charge is 0.494 e. The fraction of sp³-hybridized carbons (Fsp3) is 0.346. The first-order valence-electron chi connectivity index (χ1n) is 11.1. The fourth-order valence-corrected chi connectivity index (χ4v) is 4.49. The Balaban J connectivity index is 1.53. The lowest BCUT2D eigenvalue weighted by Gasteiger charge is -2.34. The van der Waals surface area contributed by atoms with E-state index < -0.39 is 0 Å². The van der Waals surface area contributed by atoms with Gasteiger partial charge in [-0.2, -0.15) is 5.26 Å². The van der Waals surface area contributed by atoms with Crippen molar-refractivity contribution < 1.29 is 9.53 Å². The first-order valence-corrected chi connectivity index (χ1v) is 11.1. The van der Waals surface area contributed by atoms with Crippen LogP contribution in [0, 0.1) is 31.1 Å². The van der Waals surface area contributed by atoms with Gasteiger partial charge in [-0.25, -0.2) is 0 Å². The number of hydrogen-bond acceptors (Lipinski definition) is 5. The van der Waals surface area contributed by atoms with Crippen LogP contribution in [0.15, 0.2) is 42.6 Å². The second-order valence-electron chi connectivity index (χ2n) is 8.37. The number of benzene rings is 2. The lowest BCUT2D eigenvalue weighted by Crippen LogP contribution is -2.38. The van der Waals surface area contributed by atoms with E-state index in [2.05, 4.69) is 27.3 Å². The van der Waals surface area contributed by atoms with Gasteiger partial charge in [-0.15, -0.1) is 0 Å². The van der Waals surface area contributed by atoms with Gasteiger partial charge in [-0.05, 0) is 75.1 Å².